The fourth-order valence-electron chi connectivity index (χ4n) is 6.20. The van der Waals surface area contributed by atoms with E-state index in [1.54, 1.807) is 82.4 Å². The molecule has 1 unspecified atom stereocenters. The second-order valence-corrected chi connectivity index (χ2v) is 19.3. The van der Waals surface area contributed by atoms with Crippen LogP contribution in [0.4, 0.5) is 5.82 Å². The Morgan fingerprint density at radius 1 is 0.545 bits per heavy atom. The fourth-order valence-corrected chi connectivity index (χ4v) is 6.58. The van der Waals surface area contributed by atoms with E-state index >= 15 is 0 Å². The number of carbonyl (C=O) groups is 12. The first-order valence-electron chi connectivity index (χ1n) is 29.9. The van der Waals surface area contributed by atoms with E-state index in [1.165, 1.54) is 34.0 Å². The summed E-state index contributed by atoms with van der Waals surface area (Å²) in [4.78, 5) is 186. The predicted octanol–water partition coefficient (Wildman–Crippen LogP) is -0.309. The van der Waals surface area contributed by atoms with Gasteiger partial charge < -0.3 is 75.0 Å². The van der Waals surface area contributed by atoms with Crippen LogP contribution in [0.3, 0.4) is 0 Å². The zero-order valence-corrected chi connectivity index (χ0v) is 60.1. The Balaban J connectivity index is -0.000000546. The number of hydrogen-bond acceptors (Lipinski definition) is 29. The van der Waals surface area contributed by atoms with E-state index in [4.69, 9.17) is 31.9 Å². The third kappa shape index (κ3) is 45.4. The molecule has 554 valence electrons. The van der Waals surface area contributed by atoms with Crippen LogP contribution in [0.15, 0.2) is 72.7 Å². The number of hydrogen-bond donors (Lipinski definition) is 7. The number of H-pyrrole nitrogens is 1. The lowest BCUT2D eigenvalue weighted by molar-refractivity contribution is -0.155. The van der Waals surface area contributed by atoms with Gasteiger partial charge >= 0.3 is 81.8 Å². The number of ether oxygens (including phenoxy) is 8. The second kappa shape index (κ2) is 57.4. The number of aryl methyl sites for hydroxylation is 3. The third-order valence-electron chi connectivity index (χ3n) is 10.6. The van der Waals surface area contributed by atoms with Crippen molar-refractivity contribution in [2.75, 3.05) is 90.9 Å². The summed E-state index contributed by atoms with van der Waals surface area (Å²) in [5.41, 5.74) is 5.68. The number of nitrogens with two attached hydrogens (primary N) is 1. The number of carbonyl (C=O) groups excluding carboxylic acids is 12. The van der Waals surface area contributed by atoms with Gasteiger partial charge in [-0.3, -0.25) is 80.8 Å². The van der Waals surface area contributed by atoms with Crippen LogP contribution in [0.2, 0.25) is 0 Å². The van der Waals surface area contributed by atoms with E-state index in [2.05, 4.69) is 80.6 Å². The highest BCUT2D eigenvalue weighted by Gasteiger charge is 2.18. The molecule has 0 aliphatic heterocycles. The number of aliphatic hydroxyl groups excluding tert-OH is 1. The molecule has 0 fully saturated rings. The van der Waals surface area contributed by atoms with Gasteiger partial charge in [-0.15, -0.1) is 12.4 Å². The minimum atomic E-state index is -1.08. The summed E-state index contributed by atoms with van der Waals surface area (Å²) in [5.74, 6) is -7.47. The van der Waals surface area contributed by atoms with Crippen LogP contribution < -0.4 is 49.2 Å². The summed E-state index contributed by atoms with van der Waals surface area (Å²) in [7, 11) is 0. The Morgan fingerprint density at radius 3 is 1.35 bits per heavy atom. The van der Waals surface area contributed by atoms with Crippen LogP contribution in [-0.4, -0.2) is 196 Å². The molecule has 1 aromatic carbocycles. The van der Waals surface area contributed by atoms with Gasteiger partial charge in [0.15, 0.2) is 10.4 Å². The monoisotopic (exact) mass is 1510 g/mol. The van der Waals surface area contributed by atoms with Gasteiger partial charge in [0, 0.05) is 48.8 Å². The van der Waals surface area contributed by atoms with Crippen molar-refractivity contribution in [1.29, 1.82) is 0 Å². The summed E-state index contributed by atoms with van der Waals surface area (Å²) < 4.78 is 40.4. The van der Waals surface area contributed by atoms with Crippen molar-refractivity contribution in [3.63, 3.8) is 0 Å². The molecule has 39 heteroatoms. The Kier molecular flexibility index (Phi) is 55.4. The molecule has 3 heterocycles. The smallest absolute Gasteiger partial charge is 0.396 e. The third-order valence-corrected chi connectivity index (χ3v) is 11.3. The van der Waals surface area contributed by atoms with Crippen molar-refractivity contribution in [2.24, 2.45) is 5.73 Å². The lowest BCUT2D eigenvalue weighted by atomic mass is 10.1. The lowest BCUT2D eigenvalue weighted by Crippen LogP contribution is -2.44. The van der Waals surface area contributed by atoms with Crippen molar-refractivity contribution in [3.8, 4) is 0 Å². The van der Waals surface area contributed by atoms with E-state index in [1.807, 2.05) is 30.3 Å². The Labute approximate surface area is 588 Å². The van der Waals surface area contributed by atoms with E-state index in [9.17, 15) is 76.7 Å². The Bertz CT molecular complexity index is 3440. The molecule has 3 aromatic heterocycles. The molecule has 99 heavy (non-hydrogen) atoms. The molecule has 0 aliphatic carbocycles. The molecule has 36 nitrogen and oxygen atoms in total. The van der Waals surface area contributed by atoms with E-state index in [-0.39, 0.29) is 119 Å². The van der Waals surface area contributed by atoms with Gasteiger partial charge in [0.1, 0.15) is 32.7 Å². The standard InChI is InChI=1S/C17H21N3O3.C9H11BrN2O3.C9H16N2O5.C9H12N2O4.C8H13NO5.C4H5ClO3.C4H9NO2.ClH/c1-3-23-15(21)12-20-13(2)11-19-16(17(20)22)18-10-9-14-7-5-4-6-8-14;1-3-15-7(13)5-12-6(2)4-11-8(10)9(12)14;1-3-16-7(13)5-11-9(15)8(14)10-4-6(2)12;1-3-15-7(12)5-11-6(2)4-10-8(13)9(11)14;1-3-13-6(10)5-9-7(11)8(12)14-4-2;1-2-8-4(7)3(5)6;1-2-7-4(6)3-5;/h4-8,11H,3,9-10,12H2,1-2H3,(H,18,19);4H,3,5H2,1-2H3;6,12H,3-5H2,1-2H3,(H,10,14)(H,11,15);4H,3,5H2,1-2H3,(H,10,13);3-5H2,1-2H3,(H,9,11);2H2,1H3;2-3,5H2,1H3;1H. The highest BCUT2D eigenvalue weighted by molar-refractivity contribution is 9.10. The summed E-state index contributed by atoms with van der Waals surface area (Å²) in [6, 6.07) is 9.98. The van der Waals surface area contributed by atoms with Crippen molar-refractivity contribution >= 4 is 116 Å². The maximum absolute atomic E-state index is 12.4. The van der Waals surface area contributed by atoms with Gasteiger partial charge in [0.05, 0.1) is 65.5 Å². The maximum Gasteiger partial charge on any atom is 0.396 e. The van der Waals surface area contributed by atoms with E-state index in [0.717, 1.165) is 11.0 Å². The maximum atomic E-state index is 12.4. The zero-order chi connectivity index (χ0) is 75.3. The average molecular weight is 1510 g/mol. The van der Waals surface area contributed by atoms with Gasteiger partial charge in [-0.1, -0.05) is 30.3 Å². The number of amides is 3. The van der Waals surface area contributed by atoms with Crippen LogP contribution >= 0.6 is 39.9 Å². The minimum Gasteiger partial charge on any atom is -0.465 e. The first kappa shape index (κ1) is 95.7. The summed E-state index contributed by atoms with van der Waals surface area (Å²) >= 11 is 7.71. The zero-order valence-electron chi connectivity index (χ0n) is 56.9. The lowest BCUT2D eigenvalue weighted by Gasteiger charge is -2.11. The SMILES string of the molecule is CCOC(=O)C(=O)Cl.CCOC(=O)CN.CCOC(=O)CNC(=O)C(=O)NCC(C)O.CCOC(=O)CNC(=O)C(=O)OCC.CCOC(=O)Cn1c(C)c[nH]c(=O)c1=O.CCOC(=O)Cn1c(C)cnc(Br)c1=O.CCOC(=O)Cn1c(C)cnc(NCCc2ccccc2)c1=O.Cl. The van der Waals surface area contributed by atoms with E-state index in [0.29, 0.717) is 43.4 Å². The summed E-state index contributed by atoms with van der Waals surface area (Å²) in [5, 5.41) is 17.1. The first-order valence-corrected chi connectivity index (χ1v) is 31.0. The van der Waals surface area contributed by atoms with Crippen LogP contribution in [0.25, 0.3) is 0 Å². The predicted molar refractivity (Wildman–Crippen MR) is 360 cm³/mol. The number of aliphatic hydroxyl groups is 1. The number of halogens is 3. The molecule has 8 N–H and O–H groups in total. The molecule has 0 aliphatic rings. The molecule has 0 saturated carbocycles. The normalized spacial score (nSPS) is 9.82. The van der Waals surface area contributed by atoms with Crippen LogP contribution in [0, 0.1) is 20.8 Å². The molecular weight excluding hydrogens is 1430 g/mol. The van der Waals surface area contributed by atoms with Crippen molar-refractivity contribution < 1.29 is 101 Å². The number of esters is 8. The van der Waals surface area contributed by atoms with Crippen LogP contribution in [0.1, 0.15) is 85.0 Å². The highest BCUT2D eigenvalue weighted by atomic mass is 79.9. The molecule has 3 amide bonds. The molecule has 0 radical (unpaired) electrons. The van der Waals surface area contributed by atoms with Crippen molar-refractivity contribution in [2.45, 2.75) is 115 Å². The van der Waals surface area contributed by atoms with Gasteiger partial charge in [0.2, 0.25) is 0 Å². The largest absolute Gasteiger partial charge is 0.465 e. The average Bonchev–Trinajstić information content (AvgIpc) is 0.896. The molecule has 0 bridgehead atoms. The number of aromatic nitrogens is 6. The number of aromatic amines is 1. The number of nitrogens with zero attached hydrogens (tertiary/aromatic N) is 5. The molecule has 1 atom stereocenters. The number of rotatable bonds is 26. The quantitative estimate of drug-likeness (QED) is 0.0183. The van der Waals surface area contributed by atoms with E-state index < -0.39 is 82.0 Å². The summed E-state index contributed by atoms with van der Waals surface area (Å²) in [6.45, 7) is 21.3. The van der Waals surface area contributed by atoms with Crippen molar-refractivity contribution in [1.82, 2.24) is 44.6 Å². The Morgan fingerprint density at radius 2 is 0.939 bits per heavy atom. The number of anilines is 1. The first-order chi connectivity index (χ1) is 46.3. The highest BCUT2D eigenvalue weighted by Crippen LogP contribution is 2.04. The minimum absolute atomic E-state index is 0. The molecule has 0 spiro atoms. The van der Waals surface area contributed by atoms with Gasteiger partial charge in [0.25, 0.3) is 11.1 Å². The van der Waals surface area contributed by atoms with Crippen molar-refractivity contribution in [3.05, 3.63) is 118 Å². The molecular formula is C60H88BrCl2N11O25. The van der Waals surface area contributed by atoms with Crippen LogP contribution in [0.5, 0.6) is 0 Å². The van der Waals surface area contributed by atoms with Gasteiger partial charge in [-0.05, 0) is 123 Å². The number of benzene rings is 1. The topological polar surface area (TPSA) is 498 Å². The second-order valence-electron chi connectivity index (χ2n) is 18.2. The molecule has 0 saturated heterocycles. The van der Waals surface area contributed by atoms with Gasteiger partial charge in [-0.25, -0.2) is 19.6 Å². The van der Waals surface area contributed by atoms with Gasteiger partial charge in [-0.2, -0.15) is 0 Å². The Hall–Kier alpha value is -9.72. The molecule has 4 aromatic rings. The summed E-state index contributed by atoms with van der Waals surface area (Å²) in [6.07, 6.45) is 4.52. The number of nitrogens with one attached hydrogen (secondary N) is 5. The fraction of sp³-hybridized carbons (Fsp3) is 0.500. The molecule has 4 rings (SSSR count). The van der Waals surface area contributed by atoms with Crippen LogP contribution in [-0.2, 0) is 121 Å².